The maximum Gasteiger partial charge on any atom is 0.119 e. The van der Waals surface area contributed by atoms with Crippen molar-refractivity contribution >= 4 is 0 Å². The summed E-state index contributed by atoms with van der Waals surface area (Å²) >= 11 is 0. The van der Waals surface area contributed by atoms with Gasteiger partial charge < -0.3 is 14.8 Å². The highest BCUT2D eigenvalue weighted by Gasteiger charge is 2.01. The van der Waals surface area contributed by atoms with Crippen molar-refractivity contribution in [3.05, 3.63) is 12.7 Å². The Hall–Kier alpha value is -0.940. The van der Waals surface area contributed by atoms with Gasteiger partial charge in [0.2, 0.25) is 0 Å². The van der Waals surface area contributed by atoms with E-state index in [9.17, 15) is 0 Å². The Labute approximate surface area is 57.9 Å². The van der Waals surface area contributed by atoms with Gasteiger partial charge in [-0.1, -0.05) is 0 Å². The Bertz CT molecular complexity index is 175. The van der Waals surface area contributed by atoms with Crippen molar-refractivity contribution in [1.29, 1.82) is 0 Å². The molecule has 1 unspecified atom stereocenters. The second-order valence-electron chi connectivity index (χ2n) is 2.00. The van der Waals surface area contributed by atoms with Crippen molar-refractivity contribution in [1.82, 2.24) is 14.8 Å². The van der Waals surface area contributed by atoms with Crippen LogP contribution in [0, 0.1) is 0 Å². The molecule has 0 aromatic carbocycles. The molecule has 0 saturated carbocycles. The van der Waals surface area contributed by atoms with Crippen LogP contribution in [0.2, 0.25) is 0 Å². The molecule has 0 radical (unpaired) electrons. The lowest BCUT2D eigenvalue weighted by Crippen LogP contribution is -2.18. The fraction of sp³-hybridized carbons (Fsp3) is 0.600. The van der Waals surface area contributed by atoms with Gasteiger partial charge in [0.25, 0.3) is 0 Å². The number of aliphatic hydroxyl groups excluding tert-OH is 2. The van der Waals surface area contributed by atoms with Crippen LogP contribution in [0.15, 0.2) is 12.7 Å². The van der Waals surface area contributed by atoms with Crippen LogP contribution in [0.1, 0.15) is 0 Å². The molecule has 0 amide bonds. The van der Waals surface area contributed by atoms with Crippen LogP contribution in [-0.4, -0.2) is 37.7 Å². The number of aromatic nitrogens is 3. The molecule has 56 valence electrons. The van der Waals surface area contributed by atoms with E-state index >= 15 is 0 Å². The molecule has 1 atom stereocenters. The van der Waals surface area contributed by atoms with E-state index in [1.807, 2.05) is 0 Å². The molecule has 1 heterocycles. The summed E-state index contributed by atoms with van der Waals surface area (Å²) in [5, 5.41) is 24.4. The van der Waals surface area contributed by atoms with Crippen molar-refractivity contribution < 1.29 is 10.2 Å². The Morgan fingerprint density at radius 2 is 2.00 bits per heavy atom. The van der Waals surface area contributed by atoms with Gasteiger partial charge in [0.05, 0.1) is 19.3 Å². The van der Waals surface area contributed by atoms with Gasteiger partial charge in [0.1, 0.15) is 12.7 Å². The van der Waals surface area contributed by atoms with Crippen LogP contribution < -0.4 is 0 Å². The minimum absolute atomic E-state index is 0.238. The highest BCUT2D eigenvalue weighted by atomic mass is 16.3. The van der Waals surface area contributed by atoms with Gasteiger partial charge in [-0.3, -0.25) is 0 Å². The molecular weight excluding hydrogens is 134 g/mol. The lowest BCUT2D eigenvalue weighted by molar-refractivity contribution is 0.0811. The van der Waals surface area contributed by atoms with Crippen molar-refractivity contribution in [2.24, 2.45) is 0 Å². The molecule has 0 saturated heterocycles. The smallest absolute Gasteiger partial charge is 0.119 e. The Morgan fingerprint density at radius 3 is 2.50 bits per heavy atom. The van der Waals surface area contributed by atoms with Gasteiger partial charge in [-0.25, -0.2) is 0 Å². The largest absolute Gasteiger partial charge is 0.394 e. The predicted octanol–water partition coefficient (Wildman–Crippen LogP) is -1.37. The van der Waals surface area contributed by atoms with E-state index in [0.29, 0.717) is 6.54 Å². The van der Waals surface area contributed by atoms with Crippen molar-refractivity contribution in [3.8, 4) is 0 Å². The average Bonchev–Trinajstić information content (AvgIpc) is 2.40. The first-order chi connectivity index (χ1) is 4.83. The van der Waals surface area contributed by atoms with Crippen LogP contribution in [0.5, 0.6) is 0 Å². The van der Waals surface area contributed by atoms with E-state index in [4.69, 9.17) is 10.2 Å². The van der Waals surface area contributed by atoms with Gasteiger partial charge in [-0.2, -0.15) is 0 Å². The SMILES string of the molecule is OCC(O)Cn1cnnc1. The highest BCUT2D eigenvalue weighted by Crippen LogP contribution is 1.87. The molecular formula is C5H9N3O2. The van der Waals surface area contributed by atoms with Crippen LogP contribution >= 0.6 is 0 Å². The van der Waals surface area contributed by atoms with Gasteiger partial charge >= 0.3 is 0 Å². The fourth-order valence-electron chi connectivity index (χ4n) is 0.617. The summed E-state index contributed by atoms with van der Waals surface area (Å²) in [5.41, 5.74) is 0. The normalized spacial score (nSPS) is 13.4. The molecule has 10 heavy (non-hydrogen) atoms. The summed E-state index contributed by atoms with van der Waals surface area (Å²) in [6.45, 7) is 0.0989. The van der Waals surface area contributed by atoms with E-state index in [0.717, 1.165) is 0 Å². The minimum Gasteiger partial charge on any atom is -0.394 e. The molecule has 5 heteroatoms. The third kappa shape index (κ3) is 1.78. The fourth-order valence-corrected chi connectivity index (χ4v) is 0.617. The van der Waals surface area contributed by atoms with E-state index in [-0.39, 0.29) is 6.61 Å². The topological polar surface area (TPSA) is 71.2 Å². The second-order valence-corrected chi connectivity index (χ2v) is 2.00. The molecule has 0 aliphatic heterocycles. The molecule has 1 rings (SSSR count). The zero-order valence-electron chi connectivity index (χ0n) is 5.38. The van der Waals surface area contributed by atoms with Crippen LogP contribution in [-0.2, 0) is 6.54 Å². The Balaban J connectivity index is 2.40. The van der Waals surface area contributed by atoms with Gasteiger partial charge in [0, 0.05) is 0 Å². The molecule has 0 aliphatic rings. The Morgan fingerprint density at radius 1 is 1.40 bits per heavy atom. The van der Waals surface area contributed by atoms with Crippen LogP contribution in [0.3, 0.4) is 0 Å². The molecule has 0 spiro atoms. The minimum atomic E-state index is -0.726. The lowest BCUT2D eigenvalue weighted by atomic mass is 10.4. The standard InChI is InChI=1S/C5H9N3O2/c9-2-5(10)1-8-3-6-7-4-8/h3-5,9-10H,1-2H2. The summed E-state index contributed by atoms with van der Waals surface area (Å²) < 4.78 is 1.60. The van der Waals surface area contributed by atoms with Gasteiger partial charge in [-0.15, -0.1) is 10.2 Å². The average molecular weight is 143 g/mol. The third-order valence-electron chi connectivity index (χ3n) is 1.10. The third-order valence-corrected chi connectivity index (χ3v) is 1.10. The highest BCUT2D eigenvalue weighted by molar-refractivity contribution is 4.63. The van der Waals surface area contributed by atoms with Crippen molar-refractivity contribution in [3.63, 3.8) is 0 Å². The predicted molar refractivity (Wildman–Crippen MR) is 33.1 cm³/mol. The quantitative estimate of drug-likeness (QED) is 0.547. The summed E-state index contributed by atoms with van der Waals surface area (Å²) in [7, 11) is 0. The molecule has 0 fully saturated rings. The Kier molecular flexibility index (Phi) is 2.35. The first kappa shape index (κ1) is 7.17. The monoisotopic (exact) mass is 143 g/mol. The first-order valence-electron chi connectivity index (χ1n) is 2.94. The number of hydrogen-bond donors (Lipinski definition) is 2. The number of rotatable bonds is 3. The van der Waals surface area contributed by atoms with Gasteiger partial charge in [0.15, 0.2) is 0 Å². The molecule has 1 aromatic rings. The lowest BCUT2D eigenvalue weighted by Gasteiger charge is -2.05. The molecule has 5 nitrogen and oxygen atoms in total. The summed E-state index contributed by atoms with van der Waals surface area (Å²) in [6, 6.07) is 0. The zero-order valence-corrected chi connectivity index (χ0v) is 5.38. The number of nitrogens with zero attached hydrogens (tertiary/aromatic N) is 3. The maximum absolute atomic E-state index is 8.90. The zero-order chi connectivity index (χ0) is 7.40. The first-order valence-corrected chi connectivity index (χ1v) is 2.94. The summed E-state index contributed by atoms with van der Waals surface area (Å²) in [4.78, 5) is 0. The maximum atomic E-state index is 8.90. The summed E-state index contributed by atoms with van der Waals surface area (Å²) in [6.07, 6.45) is 2.24. The molecule has 2 N–H and O–H groups in total. The number of aliphatic hydroxyl groups is 2. The van der Waals surface area contributed by atoms with E-state index in [1.54, 1.807) is 4.57 Å². The molecule has 1 aromatic heterocycles. The van der Waals surface area contributed by atoms with Gasteiger partial charge in [-0.05, 0) is 0 Å². The number of hydrogen-bond acceptors (Lipinski definition) is 4. The van der Waals surface area contributed by atoms with E-state index < -0.39 is 6.10 Å². The summed E-state index contributed by atoms with van der Waals surface area (Å²) in [5.74, 6) is 0. The molecule has 0 aliphatic carbocycles. The second kappa shape index (κ2) is 3.28. The van der Waals surface area contributed by atoms with Crippen LogP contribution in [0.4, 0.5) is 0 Å². The van der Waals surface area contributed by atoms with E-state index in [2.05, 4.69) is 10.2 Å². The molecule has 0 bridgehead atoms. The van der Waals surface area contributed by atoms with Crippen molar-refractivity contribution in [2.75, 3.05) is 6.61 Å². The van der Waals surface area contributed by atoms with Crippen molar-refractivity contribution in [2.45, 2.75) is 12.6 Å². The van der Waals surface area contributed by atoms with E-state index in [1.165, 1.54) is 12.7 Å². The van der Waals surface area contributed by atoms with Crippen LogP contribution in [0.25, 0.3) is 0 Å².